The highest BCUT2D eigenvalue weighted by Gasteiger charge is 2.34. The highest BCUT2D eigenvalue weighted by molar-refractivity contribution is 5.92. The third kappa shape index (κ3) is 4.51. The Morgan fingerprint density at radius 3 is 2.75 bits per heavy atom. The van der Waals surface area contributed by atoms with Gasteiger partial charge in [0, 0.05) is 12.3 Å². The van der Waals surface area contributed by atoms with E-state index in [2.05, 4.69) is 13.8 Å². The van der Waals surface area contributed by atoms with Crippen molar-refractivity contribution >= 4 is 11.9 Å². The van der Waals surface area contributed by atoms with Gasteiger partial charge in [-0.25, -0.2) is 4.79 Å². The Morgan fingerprint density at radius 1 is 1.55 bits per heavy atom. The summed E-state index contributed by atoms with van der Waals surface area (Å²) in [5.74, 6) is 0.349. The van der Waals surface area contributed by atoms with Gasteiger partial charge in [0.25, 0.3) is 0 Å². The number of hydrogen-bond donors (Lipinski definition) is 0. The molecule has 0 radical (unpaired) electrons. The predicted molar refractivity (Wildman–Crippen MR) is 77.4 cm³/mol. The van der Waals surface area contributed by atoms with Crippen LogP contribution in [0.4, 0.5) is 4.79 Å². The molecule has 0 aliphatic heterocycles. The van der Waals surface area contributed by atoms with Crippen LogP contribution in [0, 0.1) is 11.3 Å². The molecule has 0 N–H and O–H groups in total. The van der Waals surface area contributed by atoms with E-state index in [4.69, 9.17) is 9.47 Å². The first kappa shape index (κ1) is 16.5. The quantitative estimate of drug-likeness (QED) is 0.582. The third-order valence-corrected chi connectivity index (χ3v) is 3.47. The standard InChI is InChI=1S/C16H24O4/c1-6-19-15(18)20-12(3)7-8-14-11(2)9-13(17)10-16(14,4)5/h7-9,12,14H,6,10H2,1-5H3. The fourth-order valence-electron chi connectivity index (χ4n) is 2.59. The summed E-state index contributed by atoms with van der Waals surface area (Å²) in [7, 11) is 0. The summed E-state index contributed by atoms with van der Waals surface area (Å²) in [5.41, 5.74) is 0.932. The van der Waals surface area contributed by atoms with Gasteiger partial charge in [0.15, 0.2) is 5.78 Å². The van der Waals surface area contributed by atoms with Crippen LogP contribution >= 0.6 is 0 Å². The molecule has 1 rings (SSSR count). The summed E-state index contributed by atoms with van der Waals surface area (Å²) in [6.07, 6.45) is 5.09. The van der Waals surface area contributed by atoms with E-state index in [0.717, 1.165) is 5.57 Å². The molecule has 1 aliphatic rings. The highest BCUT2D eigenvalue weighted by atomic mass is 16.7. The zero-order chi connectivity index (χ0) is 15.3. The summed E-state index contributed by atoms with van der Waals surface area (Å²) in [6, 6.07) is 0. The van der Waals surface area contributed by atoms with E-state index in [1.807, 2.05) is 19.1 Å². The van der Waals surface area contributed by atoms with Crippen molar-refractivity contribution in [3.8, 4) is 0 Å². The molecule has 2 unspecified atom stereocenters. The molecule has 0 spiro atoms. The van der Waals surface area contributed by atoms with E-state index in [-0.39, 0.29) is 23.2 Å². The van der Waals surface area contributed by atoms with E-state index in [9.17, 15) is 9.59 Å². The van der Waals surface area contributed by atoms with Crippen LogP contribution in [-0.2, 0) is 14.3 Å². The first-order valence-corrected chi connectivity index (χ1v) is 6.99. The summed E-state index contributed by atoms with van der Waals surface area (Å²) in [5, 5.41) is 0. The Kier molecular flexibility index (Phi) is 5.54. The molecular weight excluding hydrogens is 256 g/mol. The van der Waals surface area contributed by atoms with Gasteiger partial charge in [-0.15, -0.1) is 0 Å². The molecule has 20 heavy (non-hydrogen) atoms. The number of allylic oxidation sites excluding steroid dienone is 3. The maximum absolute atomic E-state index is 11.6. The number of ketones is 1. The van der Waals surface area contributed by atoms with Gasteiger partial charge in [-0.05, 0) is 38.3 Å². The minimum atomic E-state index is -0.657. The van der Waals surface area contributed by atoms with Gasteiger partial charge in [0.05, 0.1) is 6.61 Å². The number of ether oxygens (including phenoxy) is 2. The first-order valence-electron chi connectivity index (χ1n) is 6.99. The van der Waals surface area contributed by atoms with Gasteiger partial charge < -0.3 is 9.47 Å². The van der Waals surface area contributed by atoms with Crippen LogP contribution in [0.5, 0.6) is 0 Å². The maximum Gasteiger partial charge on any atom is 0.508 e. The molecule has 1 aliphatic carbocycles. The Hall–Kier alpha value is -1.58. The minimum Gasteiger partial charge on any atom is -0.435 e. The molecule has 4 heteroatoms. The topological polar surface area (TPSA) is 52.6 Å². The van der Waals surface area contributed by atoms with Gasteiger partial charge in [-0.2, -0.15) is 0 Å². The van der Waals surface area contributed by atoms with E-state index >= 15 is 0 Å². The van der Waals surface area contributed by atoms with Crippen LogP contribution in [0.2, 0.25) is 0 Å². The van der Waals surface area contributed by atoms with Crippen LogP contribution in [0.25, 0.3) is 0 Å². The molecule has 0 fully saturated rings. The predicted octanol–water partition coefficient (Wildman–Crippen LogP) is 3.67. The largest absolute Gasteiger partial charge is 0.508 e. The molecule has 0 aromatic rings. The van der Waals surface area contributed by atoms with Crippen LogP contribution in [-0.4, -0.2) is 24.6 Å². The van der Waals surface area contributed by atoms with E-state index in [0.29, 0.717) is 13.0 Å². The molecule has 4 nitrogen and oxygen atoms in total. The SMILES string of the molecule is CCOC(=O)OC(C)C=CC1C(C)=CC(=O)CC1(C)C. The molecule has 112 valence electrons. The lowest BCUT2D eigenvalue weighted by atomic mass is 9.68. The minimum absolute atomic E-state index is 0.115. The van der Waals surface area contributed by atoms with Crippen molar-refractivity contribution in [2.45, 2.75) is 47.1 Å². The van der Waals surface area contributed by atoms with Crippen molar-refractivity contribution in [1.29, 1.82) is 0 Å². The number of hydrogen-bond acceptors (Lipinski definition) is 4. The zero-order valence-electron chi connectivity index (χ0n) is 12.9. The van der Waals surface area contributed by atoms with Crippen molar-refractivity contribution in [2.75, 3.05) is 6.61 Å². The molecular formula is C16H24O4. The summed E-state index contributed by atoms with van der Waals surface area (Å²) < 4.78 is 9.80. The fourth-order valence-corrected chi connectivity index (χ4v) is 2.59. The Morgan fingerprint density at radius 2 is 2.20 bits per heavy atom. The molecule has 0 saturated carbocycles. The van der Waals surface area contributed by atoms with Gasteiger partial charge in [0.2, 0.25) is 0 Å². The van der Waals surface area contributed by atoms with Crippen molar-refractivity contribution in [3.05, 3.63) is 23.8 Å². The van der Waals surface area contributed by atoms with Crippen LogP contribution < -0.4 is 0 Å². The number of carbonyl (C=O) groups is 2. The number of rotatable bonds is 4. The molecule has 0 aromatic carbocycles. The average molecular weight is 280 g/mol. The Bertz CT molecular complexity index is 432. The van der Waals surface area contributed by atoms with Gasteiger partial charge in [0.1, 0.15) is 6.10 Å². The lowest BCUT2D eigenvalue weighted by molar-refractivity contribution is -0.117. The lowest BCUT2D eigenvalue weighted by Gasteiger charge is -2.35. The van der Waals surface area contributed by atoms with E-state index in [1.165, 1.54) is 0 Å². The van der Waals surface area contributed by atoms with Gasteiger partial charge in [-0.3, -0.25) is 4.79 Å². The second kappa shape index (κ2) is 6.73. The maximum atomic E-state index is 11.6. The Labute approximate surface area is 120 Å². The second-order valence-electron chi connectivity index (χ2n) is 5.89. The molecule has 0 aromatic heterocycles. The smallest absolute Gasteiger partial charge is 0.435 e. The molecule has 0 heterocycles. The van der Waals surface area contributed by atoms with Crippen LogP contribution in [0.3, 0.4) is 0 Å². The number of carbonyl (C=O) groups excluding carboxylic acids is 2. The molecule has 0 bridgehead atoms. The Balaban J connectivity index is 2.70. The van der Waals surface area contributed by atoms with Crippen molar-refractivity contribution in [1.82, 2.24) is 0 Å². The summed E-state index contributed by atoms with van der Waals surface area (Å²) in [6.45, 7) is 9.94. The monoisotopic (exact) mass is 280 g/mol. The average Bonchev–Trinajstić information content (AvgIpc) is 2.26. The van der Waals surface area contributed by atoms with Gasteiger partial charge >= 0.3 is 6.16 Å². The second-order valence-corrected chi connectivity index (χ2v) is 5.89. The molecule has 0 amide bonds. The van der Waals surface area contributed by atoms with E-state index in [1.54, 1.807) is 19.9 Å². The molecule has 0 saturated heterocycles. The van der Waals surface area contributed by atoms with E-state index < -0.39 is 6.16 Å². The highest BCUT2D eigenvalue weighted by Crippen LogP contribution is 2.40. The van der Waals surface area contributed by atoms with Crippen molar-refractivity contribution in [2.24, 2.45) is 11.3 Å². The third-order valence-electron chi connectivity index (χ3n) is 3.47. The first-order chi connectivity index (χ1) is 9.26. The van der Waals surface area contributed by atoms with Crippen LogP contribution in [0.1, 0.15) is 41.0 Å². The fraction of sp³-hybridized carbons (Fsp3) is 0.625. The normalized spacial score (nSPS) is 23.4. The zero-order valence-corrected chi connectivity index (χ0v) is 12.9. The summed E-state index contributed by atoms with van der Waals surface area (Å²) >= 11 is 0. The summed E-state index contributed by atoms with van der Waals surface area (Å²) in [4.78, 5) is 22.8. The van der Waals surface area contributed by atoms with Crippen molar-refractivity contribution in [3.63, 3.8) is 0 Å². The lowest BCUT2D eigenvalue weighted by Crippen LogP contribution is -2.30. The van der Waals surface area contributed by atoms with Crippen LogP contribution in [0.15, 0.2) is 23.8 Å². The van der Waals surface area contributed by atoms with Gasteiger partial charge in [-0.1, -0.05) is 25.5 Å². The molecule has 2 atom stereocenters. The van der Waals surface area contributed by atoms with Crippen molar-refractivity contribution < 1.29 is 19.1 Å².